The normalized spacial score (nSPS) is 12.4. The van der Waals surface area contributed by atoms with Crippen LogP contribution in [-0.2, 0) is 9.59 Å². The zero-order valence-corrected chi connectivity index (χ0v) is 18.4. The van der Waals surface area contributed by atoms with Crippen LogP contribution in [0.5, 0.6) is 5.75 Å². The van der Waals surface area contributed by atoms with Crippen LogP contribution in [0.2, 0.25) is 0 Å². The Hall–Kier alpha value is -4.68. The topological polar surface area (TPSA) is 108 Å². The smallest absolute Gasteiger partial charge is 0.471 e. The van der Waals surface area contributed by atoms with Crippen molar-refractivity contribution in [1.29, 1.82) is 0 Å². The van der Waals surface area contributed by atoms with Gasteiger partial charge in [0.15, 0.2) is 11.6 Å². The van der Waals surface area contributed by atoms with Crippen LogP contribution >= 0.6 is 0 Å². The van der Waals surface area contributed by atoms with E-state index in [1.807, 2.05) is 0 Å². The first-order valence-corrected chi connectivity index (χ1v) is 10.4. The van der Waals surface area contributed by atoms with E-state index < -0.39 is 23.8 Å². The van der Waals surface area contributed by atoms with Gasteiger partial charge in [0.25, 0.3) is 0 Å². The third kappa shape index (κ3) is 6.31. The number of carbonyl (C=O) groups is 2. The molecule has 1 aromatic heterocycles. The Morgan fingerprint density at radius 2 is 1.81 bits per heavy atom. The molecule has 0 fully saturated rings. The lowest BCUT2D eigenvalue weighted by atomic mass is 10.2. The van der Waals surface area contributed by atoms with E-state index in [0.717, 1.165) is 12.3 Å². The summed E-state index contributed by atoms with van der Waals surface area (Å²) in [5, 5.41) is 8.13. The van der Waals surface area contributed by atoms with Gasteiger partial charge in [-0.3, -0.25) is 14.5 Å². The van der Waals surface area contributed by atoms with E-state index in [1.165, 1.54) is 18.2 Å². The predicted molar refractivity (Wildman–Crippen MR) is 131 cm³/mol. The molecule has 3 aromatic rings. The minimum Gasteiger partial charge on any atom is -0.490 e. The summed E-state index contributed by atoms with van der Waals surface area (Å²) >= 11 is 0. The Morgan fingerprint density at radius 3 is 2.54 bits per heavy atom. The summed E-state index contributed by atoms with van der Waals surface area (Å²) in [6.07, 6.45) is -3.04. The van der Waals surface area contributed by atoms with Crippen molar-refractivity contribution in [2.75, 3.05) is 34.0 Å². The SMILES string of the molecule is C.C=CC(=O)Nc1cccc(Nc2nc(Nc3ccc4c(c3)N(C(=O)C(F)(F)F)CCO4)ncc2F)c1. The first-order chi connectivity index (χ1) is 17.1. The number of benzene rings is 2. The summed E-state index contributed by atoms with van der Waals surface area (Å²) in [6.45, 7) is 3.01. The number of anilines is 6. The number of carbonyl (C=O) groups excluding carboxylic acids is 2. The van der Waals surface area contributed by atoms with E-state index in [1.54, 1.807) is 24.3 Å². The molecule has 4 rings (SSSR count). The number of halogens is 4. The third-order valence-corrected chi connectivity index (χ3v) is 4.89. The molecule has 2 heterocycles. The van der Waals surface area contributed by atoms with Crippen LogP contribution in [0.3, 0.4) is 0 Å². The van der Waals surface area contributed by atoms with E-state index in [9.17, 15) is 27.2 Å². The second-order valence-electron chi connectivity index (χ2n) is 7.40. The minimum absolute atomic E-state index is 0. The van der Waals surface area contributed by atoms with E-state index >= 15 is 0 Å². The number of hydrogen-bond acceptors (Lipinski definition) is 7. The molecular formula is C24H22F4N6O3. The van der Waals surface area contributed by atoms with Crippen molar-refractivity contribution in [3.05, 3.63) is 67.1 Å². The third-order valence-electron chi connectivity index (χ3n) is 4.89. The summed E-state index contributed by atoms with van der Waals surface area (Å²) in [5.41, 5.74) is 1.01. The van der Waals surface area contributed by atoms with Gasteiger partial charge in [-0.1, -0.05) is 20.1 Å². The average molecular weight is 518 g/mol. The molecule has 0 bridgehead atoms. The van der Waals surface area contributed by atoms with Crippen LogP contribution in [0, 0.1) is 5.82 Å². The van der Waals surface area contributed by atoms with E-state index in [4.69, 9.17) is 4.74 Å². The quantitative estimate of drug-likeness (QED) is 0.306. The molecule has 1 aliphatic rings. The van der Waals surface area contributed by atoms with Crippen LogP contribution in [0.25, 0.3) is 0 Å². The molecule has 0 saturated heterocycles. The van der Waals surface area contributed by atoms with Gasteiger partial charge in [-0.2, -0.15) is 18.2 Å². The first-order valence-electron chi connectivity index (χ1n) is 10.4. The highest BCUT2D eigenvalue weighted by Crippen LogP contribution is 2.37. The molecule has 2 aromatic carbocycles. The van der Waals surface area contributed by atoms with Gasteiger partial charge in [0, 0.05) is 17.1 Å². The monoisotopic (exact) mass is 518 g/mol. The van der Waals surface area contributed by atoms with Crippen LogP contribution in [-0.4, -0.2) is 41.1 Å². The summed E-state index contributed by atoms with van der Waals surface area (Å²) in [6, 6.07) is 10.6. The molecule has 0 unspecified atom stereocenters. The van der Waals surface area contributed by atoms with Crippen LogP contribution in [0.15, 0.2) is 61.3 Å². The van der Waals surface area contributed by atoms with Gasteiger partial charge in [-0.25, -0.2) is 9.37 Å². The largest absolute Gasteiger partial charge is 0.490 e. The number of ether oxygens (including phenoxy) is 1. The van der Waals surface area contributed by atoms with Gasteiger partial charge in [0.05, 0.1) is 18.4 Å². The maximum atomic E-state index is 14.4. The van der Waals surface area contributed by atoms with Crippen molar-refractivity contribution in [3.8, 4) is 5.75 Å². The van der Waals surface area contributed by atoms with Crippen molar-refractivity contribution in [3.63, 3.8) is 0 Å². The molecule has 13 heteroatoms. The van der Waals surface area contributed by atoms with Gasteiger partial charge in [-0.05, 0) is 42.5 Å². The Kier molecular flexibility index (Phi) is 7.95. The lowest BCUT2D eigenvalue weighted by molar-refractivity contribution is -0.170. The molecule has 1 aliphatic heterocycles. The van der Waals surface area contributed by atoms with Gasteiger partial charge >= 0.3 is 12.1 Å². The van der Waals surface area contributed by atoms with Crippen LogP contribution < -0.4 is 25.6 Å². The molecule has 0 aliphatic carbocycles. The number of nitrogens with zero attached hydrogens (tertiary/aromatic N) is 3. The molecule has 9 nitrogen and oxygen atoms in total. The number of aromatic nitrogens is 2. The van der Waals surface area contributed by atoms with Crippen molar-refractivity contribution < 1.29 is 31.9 Å². The number of rotatable bonds is 6. The molecule has 0 atom stereocenters. The fourth-order valence-corrected chi connectivity index (χ4v) is 3.31. The Bertz CT molecular complexity index is 1330. The van der Waals surface area contributed by atoms with Crippen molar-refractivity contribution >= 4 is 46.3 Å². The maximum Gasteiger partial charge on any atom is 0.471 e. The minimum atomic E-state index is -5.05. The zero-order valence-electron chi connectivity index (χ0n) is 18.4. The summed E-state index contributed by atoms with van der Waals surface area (Å²) < 4.78 is 58.7. The van der Waals surface area contributed by atoms with E-state index in [0.29, 0.717) is 16.3 Å². The molecule has 0 saturated carbocycles. The van der Waals surface area contributed by atoms with E-state index in [2.05, 4.69) is 32.5 Å². The second-order valence-corrected chi connectivity index (χ2v) is 7.40. The van der Waals surface area contributed by atoms with Crippen molar-refractivity contribution in [2.24, 2.45) is 0 Å². The van der Waals surface area contributed by atoms with Gasteiger partial charge in [0.2, 0.25) is 11.9 Å². The maximum absolute atomic E-state index is 14.4. The number of amides is 2. The Balaban J connectivity index is 0.00000380. The molecule has 0 spiro atoms. The summed E-state index contributed by atoms with van der Waals surface area (Å²) in [4.78, 5) is 31.8. The number of nitrogens with one attached hydrogen (secondary N) is 3. The fraction of sp³-hybridized carbons (Fsp3) is 0.167. The molecule has 3 N–H and O–H groups in total. The number of hydrogen-bond donors (Lipinski definition) is 3. The Morgan fingerprint density at radius 1 is 1.08 bits per heavy atom. The number of alkyl halides is 3. The molecule has 194 valence electrons. The van der Waals surface area contributed by atoms with Gasteiger partial charge in [0.1, 0.15) is 12.4 Å². The van der Waals surface area contributed by atoms with Crippen LogP contribution in [0.4, 0.5) is 52.1 Å². The fourth-order valence-electron chi connectivity index (χ4n) is 3.31. The highest BCUT2D eigenvalue weighted by atomic mass is 19.4. The van der Waals surface area contributed by atoms with Crippen molar-refractivity contribution in [2.45, 2.75) is 13.6 Å². The Labute approximate surface area is 209 Å². The molecular weight excluding hydrogens is 496 g/mol. The first kappa shape index (κ1) is 26.9. The van der Waals surface area contributed by atoms with Crippen molar-refractivity contribution in [1.82, 2.24) is 9.97 Å². The second kappa shape index (κ2) is 10.9. The highest BCUT2D eigenvalue weighted by Gasteiger charge is 2.44. The molecule has 0 radical (unpaired) electrons. The zero-order chi connectivity index (χ0) is 25.9. The lowest BCUT2D eigenvalue weighted by Gasteiger charge is -2.30. The predicted octanol–water partition coefficient (Wildman–Crippen LogP) is 5.15. The van der Waals surface area contributed by atoms with E-state index in [-0.39, 0.29) is 49.5 Å². The highest BCUT2D eigenvalue weighted by molar-refractivity contribution is 6.00. The molecule has 37 heavy (non-hydrogen) atoms. The van der Waals surface area contributed by atoms with Gasteiger partial charge < -0.3 is 20.7 Å². The lowest BCUT2D eigenvalue weighted by Crippen LogP contribution is -2.45. The average Bonchev–Trinajstić information content (AvgIpc) is 2.85. The summed E-state index contributed by atoms with van der Waals surface area (Å²) in [7, 11) is 0. The van der Waals surface area contributed by atoms with Crippen LogP contribution in [0.1, 0.15) is 7.43 Å². The van der Waals surface area contributed by atoms with Gasteiger partial charge in [-0.15, -0.1) is 0 Å². The standard InChI is InChI=1S/C23H18F4N6O3.CH4/c1-2-19(34)29-13-4-3-5-14(10-13)30-20-16(24)12-28-22(32-20)31-15-6-7-18-17(11-15)33(8-9-36-18)21(35)23(25,26)27;/h2-7,10-12H,1,8-9H2,(H,29,34)(H2,28,30,31,32);1H4. The summed E-state index contributed by atoms with van der Waals surface area (Å²) in [5.74, 6) is -3.37. The number of fused-ring (bicyclic) bond motifs is 1. The molecule has 2 amide bonds.